The number of nitrogens with zero attached hydrogens (tertiary/aromatic N) is 1. The fourth-order valence-electron chi connectivity index (χ4n) is 2.75. The molecule has 0 saturated carbocycles. The molecule has 0 amide bonds. The highest BCUT2D eigenvalue weighted by Crippen LogP contribution is 2.32. The number of rotatable bonds is 4. The van der Waals surface area contributed by atoms with E-state index in [1.807, 2.05) is 35.6 Å². The molecule has 20 heavy (non-hydrogen) atoms. The van der Waals surface area contributed by atoms with Crippen LogP contribution in [0.25, 0.3) is 0 Å². The maximum Gasteiger partial charge on any atom is 0.121 e. The van der Waals surface area contributed by atoms with Crippen molar-refractivity contribution in [2.75, 3.05) is 25.4 Å². The summed E-state index contributed by atoms with van der Waals surface area (Å²) >= 11 is 1.88. The van der Waals surface area contributed by atoms with Crippen molar-refractivity contribution in [3.8, 4) is 5.75 Å². The van der Waals surface area contributed by atoms with Crippen molar-refractivity contribution < 1.29 is 4.74 Å². The number of fused-ring (bicyclic) bond motifs is 1. The Balaban J connectivity index is 1.55. The second-order valence-electron chi connectivity index (χ2n) is 5.18. The Morgan fingerprint density at radius 3 is 3.15 bits per heavy atom. The SMILES string of the molecule is CC1c2ccsc2CCN1CCOc1cccc(N)c1. The van der Waals surface area contributed by atoms with Gasteiger partial charge in [0.05, 0.1) is 0 Å². The van der Waals surface area contributed by atoms with Gasteiger partial charge in [-0.05, 0) is 42.5 Å². The number of anilines is 1. The monoisotopic (exact) mass is 288 g/mol. The minimum Gasteiger partial charge on any atom is -0.492 e. The van der Waals surface area contributed by atoms with E-state index in [1.165, 1.54) is 5.56 Å². The Morgan fingerprint density at radius 1 is 1.40 bits per heavy atom. The van der Waals surface area contributed by atoms with Crippen LogP contribution < -0.4 is 10.5 Å². The lowest BCUT2D eigenvalue weighted by Crippen LogP contribution is -2.36. The highest BCUT2D eigenvalue weighted by Gasteiger charge is 2.24. The van der Waals surface area contributed by atoms with Crippen LogP contribution in [0.1, 0.15) is 23.4 Å². The van der Waals surface area contributed by atoms with Crippen LogP contribution in [-0.2, 0) is 6.42 Å². The summed E-state index contributed by atoms with van der Waals surface area (Å²) in [4.78, 5) is 4.03. The fourth-order valence-corrected chi connectivity index (χ4v) is 3.71. The highest BCUT2D eigenvalue weighted by molar-refractivity contribution is 7.10. The number of thiophene rings is 1. The van der Waals surface area contributed by atoms with Gasteiger partial charge < -0.3 is 10.5 Å². The molecule has 2 aromatic rings. The highest BCUT2D eigenvalue weighted by atomic mass is 32.1. The molecule has 2 heterocycles. The van der Waals surface area contributed by atoms with Crippen molar-refractivity contribution in [2.24, 2.45) is 0 Å². The Labute approximate surface area is 124 Å². The molecule has 0 aliphatic carbocycles. The molecule has 0 saturated heterocycles. The molecule has 0 radical (unpaired) electrons. The molecule has 3 nitrogen and oxygen atoms in total. The quantitative estimate of drug-likeness (QED) is 0.877. The van der Waals surface area contributed by atoms with Crippen LogP contribution >= 0.6 is 11.3 Å². The van der Waals surface area contributed by atoms with E-state index < -0.39 is 0 Å². The zero-order valence-electron chi connectivity index (χ0n) is 11.7. The van der Waals surface area contributed by atoms with Crippen LogP contribution in [0.15, 0.2) is 35.7 Å². The van der Waals surface area contributed by atoms with Crippen molar-refractivity contribution in [1.29, 1.82) is 0 Å². The summed E-state index contributed by atoms with van der Waals surface area (Å²) in [6.07, 6.45) is 1.16. The van der Waals surface area contributed by atoms with Gasteiger partial charge in [-0.1, -0.05) is 6.07 Å². The zero-order chi connectivity index (χ0) is 13.9. The van der Waals surface area contributed by atoms with E-state index in [1.54, 1.807) is 4.88 Å². The van der Waals surface area contributed by atoms with E-state index in [9.17, 15) is 0 Å². The summed E-state index contributed by atoms with van der Waals surface area (Å²) in [6.45, 7) is 5.05. The van der Waals surface area contributed by atoms with E-state index in [4.69, 9.17) is 10.5 Å². The van der Waals surface area contributed by atoms with Crippen molar-refractivity contribution in [2.45, 2.75) is 19.4 Å². The molecule has 1 aliphatic rings. The second kappa shape index (κ2) is 5.85. The minimum absolute atomic E-state index is 0.495. The Bertz CT molecular complexity index is 581. The largest absolute Gasteiger partial charge is 0.492 e. The van der Waals surface area contributed by atoms with Crippen molar-refractivity contribution in [1.82, 2.24) is 4.90 Å². The Morgan fingerprint density at radius 2 is 2.30 bits per heavy atom. The van der Waals surface area contributed by atoms with E-state index in [2.05, 4.69) is 23.3 Å². The average Bonchev–Trinajstić information content (AvgIpc) is 2.91. The van der Waals surface area contributed by atoms with E-state index in [0.29, 0.717) is 12.6 Å². The van der Waals surface area contributed by atoms with Gasteiger partial charge in [-0.15, -0.1) is 11.3 Å². The van der Waals surface area contributed by atoms with Crippen LogP contribution in [-0.4, -0.2) is 24.6 Å². The molecular weight excluding hydrogens is 268 g/mol. The fraction of sp³-hybridized carbons (Fsp3) is 0.375. The van der Waals surface area contributed by atoms with E-state index in [-0.39, 0.29) is 0 Å². The molecule has 0 spiro atoms. The number of nitrogen functional groups attached to an aromatic ring is 1. The third kappa shape index (κ3) is 2.81. The van der Waals surface area contributed by atoms with E-state index in [0.717, 1.165) is 30.9 Å². The number of ether oxygens (including phenoxy) is 1. The number of nitrogens with two attached hydrogens (primary N) is 1. The van der Waals surface area contributed by atoms with Gasteiger partial charge >= 0.3 is 0 Å². The maximum atomic E-state index is 5.79. The number of hydrogen-bond acceptors (Lipinski definition) is 4. The van der Waals surface area contributed by atoms with Gasteiger partial charge in [0.1, 0.15) is 12.4 Å². The Hall–Kier alpha value is -1.52. The molecular formula is C16H20N2OS. The summed E-state index contributed by atoms with van der Waals surface area (Å²) < 4.78 is 5.79. The van der Waals surface area contributed by atoms with Crippen LogP contribution in [0.2, 0.25) is 0 Å². The molecule has 0 bridgehead atoms. The molecule has 1 unspecified atom stereocenters. The first-order chi connectivity index (χ1) is 9.74. The van der Waals surface area contributed by atoms with Crippen LogP contribution in [0.5, 0.6) is 5.75 Å². The van der Waals surface area contributed by atoms with Crippen LogP contribution in [0.3, 0.4) is 0 Å². The number of hydrogen-bond donors (Lipinski definition) is 1. The van der Waals surface area contributed by atoms with Gasteiger partial charge in [0.25, 0.3) is 0 Å². The second-order valence-corrected chi connectivity index (χ2v) is 6.18. The predicted octanol–water partition coefficient (Wildman–Crippen LogP) is 3.33. The van der Waals surface area contributed by atoms with Crippen LogP contribution in [0, 0.1) is 0 Å². The summed E-state index contributed by atoms with van der Waals surface area (Å²) in [5.74, 6) is 0.853. The Kier molecular flexibility index (Phi) is 3.94. The van der Waals surface area contributed by atoms with Gasteiger partial charge in [-0.25, -0.2) is 0 Å². The standard InChI is InChI=1S/C16H20N2OS/c1-12-15-6-10-20-16(15)5-7-18(12)8-9-19-14-4-2-3-13(17)11-14/h2-4,6,10-12H,5,7-9,17H2,1H3. The molecule has 106 valence electrons. The molecule has 1 aromatic carbocycles. The first-order valence-corrected chi connectivity index (χ1v) is 7.90. The summed E-state index contributed by atoms with van der Waals surface area (Å²) in [6, 6.07) is 10.4. The zero-order valence-corrected chi connectivity index (χ0v) is 12.5. The first kappa shape index (κ1) is 13.5. The van der Waals surface area contributed by atoms with Gasteiger partial charge in [0, 0.05) is 35.8 Å². The lowest BCUT2D eigenvalue weighted by molar-refractivity contribution is 0.161. The maximum absolute atomic E-state index is 5.79. The van der Waals surface area contributed by atoms with E-state index >= 15 is 0 Å². The van der Waals surface area contributed by atoms with Crippen molar-refractivity contribution in [3.05, 3.63) is 46.2 Å². The molecule has 1 atom stereocenters. The molecule has 1 aromatic heterocycles. The average molecular weight is 288 g/mol. The van der Waals surface area contributed by atoms with Crippen molar-refractivity contribution >= 4 is 17.0 Å². The van der Waals surface area contributed by atoms with Gasteiger partial charge in [0.15, 0.2) is 0 Å². The van der Waals surface area contributed by atoms with Crippen LogP contribution in [0.4, 0.5) is 5.69 Å². The lowest BCUT2D eigenvalue weighted by atomic mass is 10.0. The number of benzene rings is 1. The summed E-state index contributed by atoms with van der Waals surface area (Å²) in [7, 11) is 0. The summed E-state index contributed by atoms with van der Waals surface area (Å²) in [5, 5.41) is 2.20. The van der Waals surface area contributed by atoms with Crippen molar-refractivity contribution in [3.63, 3.8) is 0 Å². The normalized spacial score (nSPS) is 18.8. The summed E-state index contributed by atoms with van der Waals surface area (Å²) in [5.41, 5.74) is 7.99. The smallest absolute Gasteiger partial charge is 0.121 e. The minimum atomic E-state index is 0.495. The lowest BCUT2D eigenvalue weighted by Gasteiger charge is -2.33. The molecule has 1 aliphatic heterocycles. The van der Waals surface area contributed by atoms with Gasteiger partial charge in [-0.3, -0.25) is 4.90 Å². The predicted molar refractivity (Wildman–Crippen MR) is 84.4 cm³/mol. The third-order valence-corrected chi connectivity index (χ3v) is 4.91. The topological polar surface area (TPSA) is 38.5 Å². The van der Waals surface area contributed by atoms with Gasteiger partial charge in [-0.2, -0.15) is 0 Å². The third-order valence-electron chi connectivity index (χ3n) is 3.91. The molecule has 2 N–H and O–H groups in total. The molecule has 4 heteroatoms. The van der Waals surface area contributed by atoms with Gasteiger partial charge in [0.2, 0.25) is 0 Å². The first-order valence-electron chi connectivity index (χ1n) is 7.02. The molecule has 3 rings (SSSR count). The molecule has 0 fully saturated rings.